The minimum absolute atomic E-state index is 0.327. The second-order valence-corrected chi connectivity index (χ2v) is 9.07. The van der Waals surface area contributed by atoms with Crippen LogP contribution in [0.15, 0.2) is 66.7 Å². The highest BCUT2D eigenvalue weighted by Crippen LogP contribution is 2.40. The summed E-state index contributed by atoms with van der Waals surface area (Å²) in [6.45, 7) is 0. The molecule has 0 amide bonds. The van der Waals surface area contributed by atoms with Crippen LogP contribution in [0.4, 0.5) is 0 Å². The van der Waals surface area contributed by atoms with Gasteiger partial charge in [0.1, 0.15) is 0 Å². The van der Waals surface area contributed by atoms with Crippen LogP contribution in [-0.2, 0) is 12.8 Å². The SMILES string of the molecule is O=C(O)c1cccc2nc(C3CCc4ccc5c(ccc6ccccc65)c4C3)sc12. The molecule has 146 valence electrons. The van der Waals surface area contributed by atoms with Crippen LogP contribution in [0.5, 0.6) is 0 Å². The molecule has 1 aliphatic rings. The van der Waals surface area contributed by atoms with E-state index >= 15 is 0 Å². The molecular weight excluding hydrogens is 390 g/mol. The molecule has 4 aromatic carbocycles. The molecule has 0 aliphatic heterocycles. The largest absolute Gasteiger partial charge is 0.478 e. The Kier molecular flexibility index (Phi) is 3.90. The summed E-state index contributed by atoms with van der Waals surface area (Å²) >= 11 is 1.55. The lowest BCUT2D eigenvalue weighted by atomic mass is 9.81. The average molecular weight is 410 g/mol. The quantitative estimate of drug-likeness (QED) is 0.335. The van der Waals surface area contributed by atoms with Crippen LogP contribution in [-0.4, -0.2) is 16.1 Å². The fourth-order valence-corrected chi connectivity index (χ4v) is 6.07. The molecule has 4 heteroatoms. The van der Waals surface area contributed by atoms with Gasteiger partial charge in [-0.1, -0.05) is 54.6 Å². The molecule has 0 saturated carbocycles. The van der Waals surface area contributed by atoms with Gasteiger partial charge in [0.2, 0.25) is 0 Å². The number of hydrogen-bond donors (Lipinski definition) is 1. The summed E-state index contributed by atoms with van der Waals surface area (Å²) in [5, 5.41) is 15.8. The number of rotatable bonds is 2. The van der Waals surface area contributed by atoms with Crippen molar-refractivity contribution in [1.29, 1.82) is 0 Å². The number of nitrogens with zero attached hydrogens (tertiary/aromatic N) is 1. The Morgan fingerprint density at radius 2 is 1.80 bits per heavy atom. The number of carboxylic acids is 1. The summed E-state index contributed by atoms with van der Waals surface area (Å²) < 4.78 is 0.787. The number of aromatic carboxylic acids is 1. The van der Waals surface area contributed by atoms with E-state index in [1.54, 1.807) is 23.5 Å². The van der Waals surface area contributed by atoms with E-state index in [4.69, 9.17) is 4.98 Å². The highest BCUT2D eigenvalue weighted by molar-refractivity contribution is 7.19. The molecule has 3 nitrogen and oxygen atoms in total. The topological polar surface area (TPSA) is 50.2 Å². The first kappa shape index (κ1) is 17.6. The van der Waals surface area contributed by atoms with Crippen LogP contribution >= 0.6 is 11.3 Å². The minimum atomic E-state index is -0.886. The van der Waals surface area contributed by atoms with Gasteiger partial charge < -0.3 is 5.11 Å². The maximum atomic E-state index is 11.6. The maximum absolute atomic E-state index is 11.6. The van der Waals surface area contributed by atoms with Crippen molar-refractivity contribution >= 4 is 49.1 Å². The fraction of sp³-hybridized carbons (Fsp3) is 0.154. The first-order chi connectivity index (χ1) is 14.7. The molecule has 1 unspecified atom stereocenters. The van der Waals surface area contributed by atoms with Crippen LogP contribution in [0, 0.1) is 0 Å². The van der Waals surface area contributed by atoms with Crippen molar-refractivity contribution in [2.75, 3.05) is 0 Å². The molecule has 1 aromatic heterocycles. The number of hydrogen-bond acceptors (Lipinski definition) is 3. The molecule has 6 rings (SSSR count). The Labute approximate surface area is 177 Å². The molecule has 1 aliphatic carbocycles. The number of thiazole rings is 1. The van der Waals surface area contributed by atoms with Crippen LogP contribution < -0.4 is 0 Å². The van der Waals surface area contributed by atoms with Crippen LogP contribution in [0.1, 0.15) is 38.8 Å². The highest BCUT2D eigenvalue weighted by Gasteiger charge is 2.25. The third-order valence-corrected chi connectivity index (χ3v) is 7.63. The van der Waals surface area contributed by atoms with Crippen molar-refractivity contribution in [3.63, 3.8) is 0 Å². The van der Waals surface area contributed by atoms with Crippen molar-refractivity contribution in [3.05, 3.63) is 88.4 Å². The standard InChI is InChI=1S/C26H19NO2S/c28-26(29)21-6-3-7-23-24(21)30-25(27-23)17-9-8-16-11-12-19-18-5-2-1-4-15(18)10-13-20(19)22(16)14-17/h1-7,10-13,17H,8-9,14H2,(H,28,29). The van der Waals surface area contributed by atoms with Gasteiger partial charge in [-0.05, 0) is 64.1 Å². The van der Waals surface area contributed by atoms with E-state index in [-0.39, 0.29) is 0 Å². The second-order valence-electron chi connectivity index (χ2n) is 8.04. The van der Waals surface area contributed by atoms with Gasteiger partial charge >= 0.3 is 5.97 Å². The smallest absolute Gasteiger partial charge is 0.337 e. The first-order valence-electron chi connectivity index (χ1n) is 10.2. The van der Waals surface area contributed by atoms with Gasteiger partial charge in [-0.3, -0.25) is 0 Å². The average Bonchev–Trinajstić information content (AvgIpc) is 3.22. The monoisotopic (exact) mass is 409 g/mol. The molecule has 0 radical (unpaired) electrons. The Balaban J connectivity index is 1.47. The summed E-state index contributed by atoms with van der Waals surface area (Å²) in [7, 11) is 0. The lowest BCUT2D eigenvalue weighted by Crippen LogP contribution is -2.13. The van der Waals surface area contributed by atoms with Crippen molar-refractivity contribution < 1.29 is 9.90 Å². The molecule has 0 bridgehead atoms. The summed E-state index contributed by atoms with van der Waals surface area (Å²) in [6.07, 6.45) is 3.03. The van der Waals surface area contributed by atoms with E-state index in [1.807, 2.05) is 6.07 Å². The van der Waals surface area contributed by atoms with Gasteiger partial charge in [-0.25, -0.2) is 9.78 Å². The third-order valence-electron chi connectivity index (χ3n) is 6.36. The summed E-state index contributed by atoms with van der Waals surface area (Å²) in [5.41, 5.74) is 4.00. The van der Waals surface area contributed by atoms with E-state index in [0.29, 0.717) is 11.5 Å². The Bertz CT molecular complexity index is 1470. The second kappa shape index (κ2) is 6.64. The van der Waals surface area contributed by atoms with Gasteiger partial charge in [0.25, 0.3) is 0 Å². The van der Waals surface area contributed by atoms with E-state index in [0.717, 1.165) is 34.5 Å². The van der Waals surface area contributed by atoms with Crippen molar-refractivity contribution in [2.24, 2.45) is 0 Å². The van der Waals surface area contributed by atoms with E-state index in [9.17, 15) is 9.90 Å². The number of carboxylic acid groups (broad SMARTS) is 1. The number of benzene rings is 4. The van der Waals surface area contributed by atoms with Gasteiger partial charge in [-0.15, -0.1) is 11.3 Å². The summed E-state index contributed by atoms with van der Waals surface area (Å²) in [5.74, 6) is -0.559. The van der Waals surface area contributed by atoms with Crippen molar-refractivity contribution in [3.8, 4) is 0 Å². The Morgan fingerprint density at radius 3 is 2.70 bits per heavy atom. The van der Waals surface area contributed by atoms with Gasteiger partial charge in [0.15, 0.2) is 0 Å². The van der Waals surface area contributed by atoms with E-state index < -0.39 is 5.97 Å². The maximum Gasteiger partial charge on any atom is 0.337 e. The molecule has 30 heavy (non-hydrogen) atoms. The van der Waals surface area contributed by atoms with Crippen LogP contribution in [0.25, 0.3) is 31.8 Å². The molecule has 1 heterocycles. The zero-order valence-corrected chi connectivity index (χ0v) is 17.1. The summed E-state index contributed by atoms with van der Waals surface area (Å²) in [4.78, 5) is 16.4. The van der Waals surface area contributed by atoms with Crippen molar-refractivity contribution in [2.45, 2.75) is 25.2 Å². The van der Waals surface area contributed by atoms with E-state index in [2.05, 4.69) is 48.5 Å². The Morgan fingerprint density at radius 1 is 0.933 bits per heavy atom. The molecular formula is C26H19NO2S. The number of fused-ring (bicyclic) bond motifs is 6. The molecule has 1 atom stereocenters. The van der Waals surface area contributed by atoms with E-state index in [1.165, 1.54) is 32.7 Å². The number of aryl methyl sites for hydroxylation is 1. The van der Waals surface area contributed by atoms with Crippen LogP contribution in [0.3, 0.4) is 0 Å². The lowest BCUT2D eigenvalue weighted by Gasteiger charge is -2.25. The zero-order valence-electron chi connectivity index (χ0n) is 16.3. The molecule has 0 fully saturated rings. The highest BCUT2D eigenvalue weighted by atomic mass is 32.1. The van der Waals surface area contributed by atoms with Gasteiger partial charge in [-0.2, -0.15) is 0 Å². The minimum Gasteiger partial charge on any atom is -0.478 e. The normalized spacial score (nSPS) is 16.2. The number of carbonyl (C=O) groups is 1. The molecule has 5 aromatic rings. The predicted octanol–water partition coefficient (Wildman–Crippen LogP) is 6.57. The summed E-state index contributed by atoms with van der Waals surface area (Å²) in [6, 6.07) is 23.0. The first-order valence-corrected chi connectivity index (χ1v) is 11.1. The zero-order chi connectivity index (χ0) is 20.2. The number of aromatic nitrogens is 1. The molecule has 0 spiro atoms. The fourth-order valence-electron chi connectivity index (χ4n) is 4.87. The van der Waals surface area contributed by atoms with Crippen LogP contribution in [0.2, 0.25) is 0 Å². The molecule has 1 N–H and O–H groups in total. The lowest BCUT2D eigenvalue weighted by molar-refractivity contribution is 0.0699. The predicted molar refractivity (Wildman–Crippen MR) is 123 cm³/mol. The molecule has 0 saturated heterocycles. The Hall–Kier alpha value is -3.24. The van der Waals surface area contributed by atoms with Crippen molar-refractivity contribution in [1.82, 2.24) is 4.98 Å². The third kappa shape index (κ3) is 2.64. The van der Waals surface area contributed by atoms with Gasteiger partial charge in [0.05, 0.1) is 20.8 Å². The van der Waals surface area contributed by atoms with Gasteiger partial charge in [0, 0.05) is 5.92 Å².